The first-order chi connectivity index (χ1) is 13.6. The molecule has 0 unspecified atom stereocenters. The lowest BCUT2D eigenvalue weighted by Crippen LogP contribution is -2.14. The van der Waals surface area contributed by atoms with Gasteiger partial charge in [0.15, 0.2) is 0 Å². The number of benzene rings is 2. The van der Waals surface area contributed by atoms with E-state index in [1.165, 1.54) is 48.8 Å². The van der Waals surface area contributed by atoms with Crippen LogP contribution in [-0.2, 0) is 26.6 Å². The molecule has 3 rings (SSSR count). The van der Waals surface area contributed by atoms with Gasteiger partial charge in [0.05, 0.1) is 9.79 Å². The highest BCUT2D eigenvalue weighted by atomic mass is 35.5. The summed E-state index contributed by atoms with van der Waals surface area (Å²) < 4.78 is 47.6. The summed E-state index contributed by atoms with van der Waals surface area (Å²) in [5, 5.41) is 4.89. The number of anilines is 2. The van der Waals surface area contributed by atoms with Crippen LogP contribution in [0.1, 0.15) is 5.56 Å². The van der Waals surface area contributed by atoms with Crippen LogP contribution in [0.2, 0.25) is 0 Å². The first kappa shape index (κ1) is 25.3. The van der Waals surface area contributed by atoms with Gasteiger partial charge in [0.2, 0.25) is 16.0 Å². The molecule has 1 heterocycles. The number of hydrogen-bond donors (Lipinski definition) is 4. The lowest BCUT2D eigenvalue weighted by molar-refractivity contribution is 0.597. The summed E-state index contributed by atoms with van der Waals surface area (Å²) in [6, 6.07) is 13.6. The van der Waals surface area contributed by atoms with Gasteiger partial charge in [-0.25, -0.2) is 36.7 Å². The second-order valence-electron chi connectivity index (χ2n) is 5.64. The van der Waals surface area contributed by atoms with Crippen molar-refractivity contribution in [1.82, 2.24) is 9.97 Å². The lowest BCUT2D eigenvalue weighted by atomic mass is 10.2. The molecule has 30 heavy (non-hydrogen) atoms. The number of hydrogen-bond acceptors (Lipinski definition) is 8. The number of nitrogen functional groups attached to an aromatic ring is 1. The number of nitrogens with one attached hydrogen (secondary N) is 1. The van der Waals surface area contributed by atoms with E-state index in [0.717, 1.165) is 5.56 Å². The van der Waals surface area contributed by atoms with Crippen LogP contribution in [0, 0.1) is 0 Å². The Bertz CT molecular complexity index is 1140. The van der Waals surface area contributed by atoms with Gasteiger partial charge in [0.25, 0.3) is 10.0 Å². The molecule has 0 atom stereocenters. The van der Waals surface area contributed by atoms with Gasteiger partial charge in [-0.1, -0.05) is 12.1 Å². The highest BCUT2D eigenvalue weighted by Gasteiger charge is 2.14. The largest absolute Gasteiger partial charge is 0.399 e. The van der Waals surface area contributed by atoms with E-state index >= 15 is 0 Å². The van der Waals surface area contributed by atoms with E-state index < -0.39 is 20.0 Å². The zero-order valence-corrected chi connectivity index (χ0v) is 18.0. The molecule has 1 aromatic heterocycles. The fourth-order valence-corrected chi connectivity index (χ4v) is 3.47. The van der Waals surface area contributed by atoms with E-state index in [9.17, 15) is 16.8 Å². The lowest BCUT2D eigenvalue weighted by Gasteiger charge is -2.05. The van der Waals surface area contributed by atoms with Crippen molar-refractivity contribution >= 4 is 44.1 Å². The molecular formula is C17H21ClN6O4S2. The van der Waals surface area contributed by atoms with Gasteiger partial charge in [-0.05, 0) is 48.0 Å². The molecule has 13 heteroatoms. The maximum absolute atomic E-state index is 11.9. The Kier molecular flexibility index (Phi) is 9.14. The Morgan fingerprint density at radius 1 is 0.833 bits per heavy atom. The summed E-state index contributed by atoms with van der Waals surface area (Å²) in [7, 11) is -7.23. The predicted octanol–water partition coefficient (Wildman–Crippen LogP) is 1.07. The van der Waals surface area contributed by atoms with Crippen LogP contribution in [-0.4, -0.2) is 26.8 Å². The van der Waals surface area contributed by atoms with Crippen molar-refractivity contribution in [2.24, 2.45) is 10.9 Å². The molecule has 0 bridgehead atoms. The van der Waals surface area contributed by atoms with Gasteiger partial charge < -0.3 is 11.5 Å². The molecule has 7 N–H and O–H groups in total. The van der Waals surface area contributed by atoms with Crippen molar-refractivity contribution in [3.05, 3.63) is 72.6 Å². The molecule has 162 valence electrons. The van der Waals surface area contributed by atoms with Crippen LogP contribution in [0.3, 0.4) is 0 Å². The third kappa shape index (κ3) is 7.57. The minimum absolute atomic E-state index is 0. The van der Waals surface area contributed by atoms with E-state index in [-0.39, 0.29) is 28.1 Å². The van der Waals surface area contributed by atoms with Gasteiger partial charge in [-0.15, -0.1) is 12.4 Å². The fraction of sp³-hybridized carbons (Fsp3) is 0.0588. The van der Waals surface area contributed by atoms with Crippen LogP contribution in [0.15, 0.2) is 76.8 Å². The standard InChI is InChI=1S/C10H10N4O2S.C7H10N2O2S.ClH/c11-8-2-4-9(5-3-8)17(15,16)14-10-12-6-1-7-13-10;8-5-6-1-3-7(4-2-6)12(9,10)11;/h1-7H,11H2,(H,12,13,14);1-4H,5,8H2,(H2,9,10,11);1H. The average molecular weight is 473 g/mol. The molecule has 0 radical (unpaired) electrons. The Morgan fingerprint density at radius 3 is 1.80 bits per heavy atom. The van der Waals surface area contributed by atoms with Crippen molar-refractivity contribution in [3.8, 4) is 0 Å². The SMILES string of the molecule is Cl.NCc1ccc(S(N)(=O)=O)cc1.Nc1ccc(S(=O)(=O)Nc2ncccn2)cc1. The van der Waals surface area contributed by atoms with Crippen LogP contribution in [0.4, 0.5) is 11.6 Å². The highest BCUT2D eigenvalue weighted by Crippen LogP contribution is 2.14. The van der Waals surface area contributed by atoms with E-state index in [1.54, 1.807) is 18.2 Å². The number of rotatable bonds is 5. The van der Waals surface area contributed by atoms with Gasteiger partial charge in [0.1, 0.15) is 0 Å². The number of nitrogens with two attached hydrogens (primary N) is 3. The fourth-order valence-electron chi connectivity index (χ4n) is 1.99. The van der Waals surface area contributed by atoms with E-state index in [4.69, 9.17) is 16.6 Å². The van der Waals surface area contributed by atoms with Gasteiger partial charge >= 0.3 is 0 Å². The minimum Gasteiger partial charge on any atom is -0.399 e. The number of nitrogens with zero attached hydrogens (tertiary/aromatic N) is 2. The molecule has 0 aliphatic carbocycles. The molecule has 0 aliphatic rings. The quantitative estimate of drug-likeness (QED) is 0.397. The van der Waals surface area contributed by atoms with E-state index in [2.05, 4.69) is 14.7 Å². The molecule has 0 aliphatic heterocycles. The topological polar surface area (TPSA) is 184 Å². The van der Waals surface area contributed by atoms with Gasteiger partial charge in [-0.2, -0.15) is 0 Å². The third-order valence-corrected chi connectivity index (χ3v) is 5.74. The molecule has 0 saturated carbocycles. The van der Waals surface area contributed by atoms with Crippen molar-refractivity contribution in [2.45, 2.75) is 16.3 Å². The zero-order chi connectivity index (χ0) is 21.5. The Labute approximate surface area is 181 Å². The Morgan fingerprint density at radius 2 is 1.33 bits per heavy atom. The maximum Gasteiger partial charge on any atom is 0.264 e. The first-order valence-corrected chi connectivity index (χ1v) is 11.1. The van der Waals surface area contributed by atoms with Crippen LogP contribution < -0.4 is 21.3 Å². The summed E-state index contributed by atoms with van der Waals surface area (Å²) in [5.41, 5.74) is 12.2. The van der Waals surface area contributed by atoms with E-state index in [0.29, 0.717) is 12.2 Å². The molecule has 0 fully saturated rings. The number of halogens is 1. The highest BCUT2D eigenvalue weighted by molar-refractivity contribution is 7.92. The molecule has 2 aromatic carbocycles. The number of primary sulfonamides is 1. The predicted molar refractivity (Wildman–Crippen MR) is 117 cm³/mol. The first-order valence-electron chi connectivity index (χ1n) is 8.09. The van der Waals surface area contributed by atoms with Crippen LogP contribution >= 0.6 is 12.4 Å². The van der Waals surface area contributed by atoms with Crippen LogP contribution in [0.5, 0.6) is 0 Å². The normalized spacial score (nSPS) is 10.9. The average Bonchev–Trinajstić information content (AvgIpc) is 2.69. The van der Waals surface area contributed by atoms with Crippen LogP contribution in [0.25, 0.3) is 0 Å². The van der Waals surface area contributed by atoms with Gasteiger partial charge in [0, 0.05) is 24.6 Å². The summed E-state index contributed by atoms with van der Waals surface area (Å²) >= 11 is 0. The summed E-state index contributed by atoms with van der Waals surface area (Å²) in [6.45, 7) is 0.394. The second kappa shape index (κ2) is 10.8. The smallest absolute Gasteiger partial charge is 0.264 e. The Hall–Kier alpha value is -2.77. The maximum atomic E-state index is 11.9. The second-order valence-corrected chi connectivity index (χ2v) is 8.88. The molecular weight excluding hydrogens is 452 g/mol. The number of aromatic nitrogens is 2. The summed E-state index contributed by atoms with van der Waals surface area (Å²) in [4.78, 5) is 7.78. The molecule has 3 aromatic rings. The summed E-state index contributed by atoms with van der Waals surface area (Å²) in [5.74, 6) is 0.0318. The third-order valence-electron chi connectivity index (χ3n) is 3.47. The van der Waals surface area contributed by atoms with Gasteiger partial charge in [-0.3, -0.25) is 0 Å². The molecule has 0 saturated heterocycles. The van der Waals surface area contributed by atoms with Crippen molar-refractivity contribution < 1.29 is 16.8 Å². The Balaban J connectivity index is 0.000000308. The summed E-state index contributed by atoms with van der Waals surface area (Å²) in [6.07, 6.45) is 2.90. The van der Waals surface area contributed by atoms with Crippen molar-refractivity contribution in [3.63, 3.8) is 0 Å². The minimum atomic E-state index is -3.66. The monoisotopic (exact) mass is 472 g/mol. The van der Waals surface area contributed by atoms with Crippen molar-refractivity contribution in [2.75, 3.05) is 10.5 Å². The molecule has 0 amide bonds. The number of sulfonamides is 2. The molecule has 10 nitrogen and oxygen atoms in total. The van der Waals surface area contributed by atoms with Crippen molar-refractivity contribution in [1.29, 1.82) is 0 Å². The molecule has 0 spiro atoms. The zero-order valence-electron chi connectivity index (χ0n) is 15.5. The van der Waals surface area contributed by atoms with E-state index in [1.807, 2.05) is 0 Å².